The molecule has 2 heterocycles. The van der Waals surface area contributed by atoms with Crippen molar-refractivity contribution in [3.63, 3.8) is 0 Å². The summed E-state index contributed by atoms with van der Waals surface area (Å²) in [4.78, 5) is 11.9. The van der Waals surface area contributed by atoms with E-state index in [2.05, 4.69) is 55.3 Å². The number of guanidine groups is 1. The highest BCUT2D eigenvalue weighted by molar-refractivity contribution is 5.77. The van der Waals surface area contributed by atoms with E-state index in [1.807, 2.05) is 0 Å². The van der Waals surface area contributed by atoms with Crippen molar-refractivity contribution in [3.8, 4) is 0 Å². The van der Waals surface area contributed by atoms with Gasteiger partial charge in [-0.1, -0.05) is 18.2 Å². The van der Waals surface area contributed by atoms with Crippen LogP contribution in [0.5, 0.6) is 0 Å². The van der Waals surface area contributed by atoms with Gasteiger partial charge in [0.2, 0.25) is 0 Å². The van der Waals surface area contributed by atoms with Crippen molar-refractivity contribution in [1.29, 1.82) is 0 Å². The molecule has 3 rings (SSSR count). The zero-order valence-corrected chi connectivity index (χ0v) is 17.8. The highest BCUT2D eigenvalue weighted by Crippen LogP contribution is 2.15. The maximum atomic E-state index is 5.98. The number of ether oxygens (including phenoxy) is 1. The minimum absolute atomic E-state index is 0.587. The number of para-hydroxylation sites is 1. The number of rotatable bonds is 10. The molecule has 2 saturated heterocycles. The van der Waals surface area contributed by atoms with Gasteiger partial charge in [-0.3, -0.25) is 14.8 Å². The van der Waals surface area contributed by atoms with Crippen LogP contribution in [-0.2, 0) is 4.74 Å². The number of hydrogen-bond donors (Lipinski definition) is 2. The molecular weight excluding hydrogens is 364 g/mol. The first-order valence-electron chi connectivity index (χ1n) is 11.2. The van der Waals surface area contributed by atoms with Gasteiger partial charge >= 0.3 is 0 Å². The van der Waals surface area contributed by atoms with E-state index >= 15 is 0 Å². The van der Waals surface area contributed by atoms with E-state index in [1.54, 1.807) is 0 Å². The molecule has 2 fully saturated rings. The molecule has 0 saturated carbocycles. The Balaban J connectivity index is 1.18. The number of aliphatic imine (C=N–C) groups is 1. The topological polar surface area (TPSA) is 69.4 Å². The SMILES string of the molecule is NC(=NCCCN1CCOCC1)NCCCCN1CCN(c2ccccc2)CC1. The average molecular weight is 403 g/mol. The van der Waals surface area contributed by atoms with Crippen LogP contribution in [0.25, 0.3) is 0 Å². The van der Waals surface area contributed by atoms with Crippen LogP contribution in [0.2, 0.25) is 0 Å². The fourth-order valence-electron chi connectivity index (χ4n) is 3.92. The maximum absolute atomic E-state index is 5.98. The molecule has 7 heteroatoms. The third-order valence-electron chi connectivity index (χ3n) is 5.72. The summed E-state index contributed by atoms with van der Waals surface area (Å²) in [6.45, 7) is 12.3. The van der Waals surface area contributed by atoms with E-state index in [0.717, 1.165) is 85.0 Å². The molecule has 7 nitrogen and oxygen atoms in total. The van der Waals surface area contributed by atoms with E-state index in [0.29, 0.717) is 5.96 Å². The zero-order chi connectivity index (χ0) is 20.2. The van der Waals surface area contributed by atoms with Gasteiger partial charge in [0, 0.05) is 64.6 Å². The van der Waals surface area contributed by atoms with Crippen molar-refractivity contribution >= 4 is 11.6 Å². The second-order valence-electron chi connectivity index (χ2n) is 7.87. The quantitative estimate of drug-likeness (QED) is 0.348. The summed E-state index contributed by atoms with van der Waals surface area (Å²) >= 11 is 0. The molecule has 2 aliphatic rings. The summed E-state index contributed by atoms with van der Waals surface area (Å²) in [6, 6.07) is 10.7. The standard InChI is InChI=1S/C22H38N6O/c23-22(25-10-6-12-27-17-19-29-20-18-27)24-9-4-5-11-26-13-15-28(16-14-26)21-7-2-1-3-8-21/h1-3,7-8H,4-6,9-20H2,(H3,23,24,25). The fraction of sp³-hybridized carbons (Fsp3) is 0.682. The number of hydrogen-bond acceptors (Lipinski definition) is 5. The highest BCUT2D eigenvalue weighted by Gasteiger charge is 2.16. The van der Waals surface area contributed by atoms with Crippen molar-refractivity contribution in [2.24, 2.45) is 10.7 Å². The summed E-state index contributed by atoms with van der Waals surface area (Å²) in [5.74, 6) is 0.587. The van der Waals surface area contributed by atoms with E-state index in [1.165, 1.54) is 18.7 Å². The van der Waals surface area contributed by atoms with Gasteiger partial charge in [-0.05, 0) is 37.9 Å². The van der Waals surface area contributed by atoms with Gasteiger partial charge in [0.1, 0.15) is 0 Å². The number of unbranched alkanes of at least 4 members (excludes halogenated alkanes) is 1. The zero-order valence-electron chi connectivity index (χ0n) is 17.8. The maximum Gasteiger partial charge on any atom is 0.188 e. The molecule has 3 N–H and O–H groups in total. The van der Waals surface area contributed by atoms with E-state index in [4.69, 9.17) is 10.5 Å². The predicted molar refractivity (Wildman–Crippen MR) is 121 cm³/mol. The molecule has 0 aliphatic carbocycles. The van der Waals surface area contributed by atoms with Crippen LogP contribution in [0.3, 0.4) is 0 Å². The molecule has 0 radical (unpaired) electrons. The van der Waals surface area contributed by atoms with Crippen LogP contribution in [0.4, 0.5) is 5.69 Å². The van der Waals surface area contributed by atoms with Gasteiger partial charge < -0.3 is 20.7 Å². The lowest BCUT2D eigenvalue weighted by Crippen LogP contribution is -2.46. The molecule has 0 atom stereocenters. The number of piperazine rings is 1. The summed E-state index contributed by atoms with van der Waals surface area (Å²) in [5.41, 5.74) is 7.32. The molecule has 0 aromatic heterocycles. The molecule has 2 aliphatic heterocycles. The predicted octanol–water partition coefficient (Wildman–Crippen LogP) is 1.22. The third kappa shape index (κ3) is 8.20. The Morgan fingerprint density at radius 3 is 2.34 bits per heavy atom. The van der Waals surface area contributed by atoms with Crippen molar-refractivity contribution in [1.82, 2.24) is 15.1 Å². The summed E-state index contributed by atoms with van der Waals surface area (Å²) in [6.07, 6.45) is 3.38. The molecule has 1 aromatic carbocycles. The van der Waals surface area contributed by atoms with Gasteiger partial charge in [0.15, 0.2) is 5.96 Å². The largest absolute Gasteiger partial charge is 0.379 e. The first-order chi connectivity index (χ1) is 14.3. The van der Waals surface area contributed by atoms with Crippen molar-refractivity contribution in [3.05, 3.63) is 30.3 Å². The Hall–Kier alpha value is -1.83. The summed E-state index contributed by atoms with van der Waals surface area (Å²) in [7, 11) is 0. The van der Waals surface area contributed by atoms with E-state index in [9.17, 15) is 0 Å². The first kappa shape index (κ1) is 21.9. The average Bonchev–Trinajstić information content (AvgIpc) is 2.78. The second-order valence-corrected chi connectivity index (χ2v) is 7.87. The van der Waals surface area contributed by atoms with Gasteiger partial charge in [-0.2, -0.15) is 0 Å². The lowest BCUT2D eigenvalue weighted by molar-refractivity contribution is 0.0377. The summed E-state index contributed by atoms with van der Waals surface area (Å²) < 4.78 is 5.37. The van der Waals surface area contributed by atoms with Crippen molar-refractivity contribution in [2.75, 3.05) is 83.6 Å². The Morgan fingerprint density at radius 1 is 0.897 bits per heavy atom. The molecule has 1 aromatic rings. The first-order valence-corrected chi connectivity index (χ1v) is 11.2. The van der Waals surface area contributed by atoms with Crippen LogP contribution >= 0.6 is 0 Å². The van der Waals surface area contributed by atoms with Crippen LogP contribution in [0, 0.1) is 0 Å². The summed E-state index contributed by atoms with van der Waals surface area (Å²) in [5, 5.41) is 3.25. The minimum Gasteiger partial charge on any atom is -0.379 e. The van der Waals surface area contributed by atoms with Crippen LogP contribution < -0.4 is 16.0 Å². The van der Waals surface area contributed by atoms with Gasteiger partial charge in [0.05, 0.1) is 13.2 Å². The third-order valence-corrected chi connectivity index (χ3v) is 5.72. The van der Waals surface area contributed by atoms with E-state index in [-0.39, 0.29) is 0 Å². The van der Waals surface area contributed by atoms with Crippen molar-refractivity contribution < 1.29 is 4.74 Å². The molecule has 0 bridgehead atoms. The Bertz CT molecular complexity index is 582. The number of anilines is 1. The van der Waals surface area contributed by atoms with Crippen LogP contribution in [0.15, 0.2) is 35.3 Å². The molecule has 29 heavy (non-hydrogen) atoms. The number of benzene rings is 1. The lowest BCUT2D eigenvalue weighted by atomic mass is 10.2. The normalized spacial score (nSPS) is 19.4. The minimum atomic E-state index is 0.587. The molecular formula is C22H38N6O. The number of nitrogens with zero attached hydrogens (tertiary/aromatic N) is 4. The Kier molecular flexibility index (Phi) is 9.56. The van der Waals surface area contributed by atoms with E-state index < -0.39 is 0 Å². The van der Waals surface area contributed by atoms with Crippen LogP contribution in [-0.4, -0.2) is 94.4 Å². The number of morpholine rings is 1. The van der Waals surface area contributed by atoms with Crippen LogP contribution in [0.1, 0.15) is 19.3 Å². The number of nitrogens with one attached hydrogen (secondary N) is 1. The molecule has 162 valence electrons. The smallest absolute Gasteiger partial charge is 0.188 e. The fourth-order valence-corrected chi connectivity index (χ4v) is 3.92. The van der Waals surface area contributed by atoms with Gasteiger partial charge in [0.25, 0.3) is 0 Å². The Labute approximate surface area is 175 Å². The Morgan fingerprint density at radius 2 is 1.59 bits per heavy atom. The number of nitrogens with two attached hydrogens (primary N) is 1. The monoisotopic (exact) mass is 402 g/mol. The lowest BCUT2D eigenvalue weighted by Gasteiger charge is -2.36. The van der Waals surface area contributed by atoms with Gasteiger partial charge in [-0.15, -0.1) is 0 Å². The van der Waals surface area contributed by atoms with Crippen molar-refractivity contribution in [2.45, 2.75) is 19.3 Å². The highest BCUT2D eigenvalue weighted by atomic mass is 16.5. The molecule has 0 amide bonds. The molecule has 0 spiro atoms. The molecule has 0 unspecified atom stereocenters. The second kappa shape index (κ2) is 12.7. The van der Waals surface area contributed by atoms with Gasteiger partial charge in [-0.25, -0.2) is 0 Å².